The maximum absolute atomic E-state index is 12.5. The van der Waals surface area contributed by atoms with Crippen molar-refractivity contribution in [3.63, 3.8) is 0 Å². The van der Waals surface area contributed by atoms with Gasteiger partial charge in [-0.2, -0.15) is 0 Å². The van der Waals surface area contributed by atoms with Gasteiger partial charge in [0, 0.05) is 5.56 Å². The van der Waals surface area contributed by atoms with Gasteiger partial charge in [-0.05, 0) is 38.3 Å². The molecule has 0 saturated heterocycles. The van der Waals surface area contributed by atoms with E-state index >= 15 is 0 Å². The van der Waals surface area contributed by atoms with E-state index in [4.69, 9.17) is 5.11 Å². The number of hydrogen-bond acceptors (Lipinski definition) is 2. The Morgan fingerprint density at radius 2 is 1.90 bits per heavy atom. The number of nitrogens with one attached hydrogen (secondary N) is 1. The van der Waals surface area contributed by atoms with Gasteiger partial charge in [0.2, 0.25) is 0 Å². The molecule has 108 valence electrons. The molecule has 20 heavy (non-hydrogen) atoms. The van der Waals surface area contributed by atoms with Gasteiger partial charge in [-0.1, -0.05) is 30.5 Å². The van der Waals surface area contributed by atoms with Crippen LogP contribution >= 0.6 is 0 Å². The zero-order chi connectivity index (χ0) is 14.8. The Morgan fingerprint density at radius 3 is 2.50 bits per heavy atom. The smallest absolute Gasteiger partial charge is 0.305 e. The lowest BCUT2D eigenvalue weighted by molar-refractivity contribution is -0.138. The maximum atomic E-state index is 12.5. The predicted octanol–water partition coefficient (Wildman–Crippen LogP) is 2.82. The number of hydrogen-bond donors (Lipinski definition) is 2. The molecule has 0 aromatic heterocycles. The maximum Gasteiger partial charge on any atom is 0.305 e. The van der Waals surface area contributed by atoms with Crippen molar-refractivity contribution >= 4 is 11.9 Å². The number of benzene rings is 1. The summed E-state index contributed by atoms with van der Waals surface area (Å²) in [6, 6.07) is 5.74. The number of carboxylic acids is 1. The minimum Gasteiger partial charge on any atom is -0.481 e. The van der Waals surface area contributed by atoms with Crippen molar-refractivity contribution in [2.75, 3.05) is 0 Å². The first-order chi connectivity index (χ1) is 9.42. The molecule has 0 aliphatic heterocycles. The molecule has 0 bridgehead atoms. The number of aryl methyl sites for hydroxylation is 2. The molecule has 4 heteroatoms. The van der Waals surface area contributed by atoms with E-state index in [1.807, 2.05) is 32.0 Å². The summed E-state index contributed by atoms with van der Waals surface area (Å²) < 4.78 is 0. The number of carboxylic acid groups (broad SMARTS) is 1. The Morgan fingerprint density at radius 1 is 1.25 bits per heavy atom. The Balaban J connectivity index is 2.20. The van der Waals surface area contributed by atoms with E-state index in [2.05, 4.69) is 5.32 Å². The third-order valence-corrected chi connectivity index (χ3v) is 4.07. The third-order valence-electron chi connectivity index (χ3n) is 4.07. The van der Waals surface area contributed by atoms with Crippen LogP contribution in [0.2, 0.25) is 0 Å². The lowest BCUT2D eigenvalue weighted by Crippen LogP contribution is -2.48. The van der Waals surface area contributed by atoms with Crippen molar-refractivity contribution in [2.24, 2.45) is 0 Å². The van der Waals surface area contributed by atoms with Crippen LogP contribution in [0.5, 0.6) is 0 Å². The van der Waals surface area contributed by atoms with Gasteiger partial charge in [-0.15, -0.1) is 0 Å². The summed E-state index contributed by atoms with van der Waals surface area (Å²) in [6.45, 7) is 3.84. The van der Waals surface area contributed by atoms with Crippen LogP contribution < -0.4 is 5.32 Å². The molecule has 1 fully saturated rings. The lowest BCUT2D eigenvalue weighted by Gasteiger charge is -2.29. The van der Waals surface area contributed by atoms with E-state index in [9.17, 15) is 9.59 Å². The molecule has 0 spiro atoms. The molecular formula is C16H21NO3. The van der Waals surface area contributed by atoms with Gasteiger partial charge in [-0.25, -0.2) is 0 Å². The summed E-state index contributed by atoms with van der Waals surface area (Å²) in [6.07, 6.45) is 3.44. The standard InChI is InChI=1S/C16H21NO3/c1-11-5-6-12(2)13(9-11)15(20)17-16(10-14(18)19)7-3-4-8-16/h5-6,9H,3-4,7-8,10H2,1-2H3,(H,17,20)(H,18,19). The molecule has 0 atom stereocenters. The minimum atomic E-state index is -0.854. The van der Waals surface area contributed by atoms with Crippen LogP contribution in [-0.2, 0) is 4.79 Å². The van der Waals surface area contributed by atoms with Crippen molar-refractivity contribution in [1.82, 2.24) is 5.32 Å². The molecule has 0 heterocycles. The Hall–Kier alpha value is -1.84. The lowest BCUT2D eigenvalue weighted by atomic mass is 9.92. The highest BCUT2D eigenvalue weighted by Gasteiger charge is 2.37. The molecule has 2 rings (SSSR count). The fourth-order valence-corrected chi connectivity index (χ4v) is 2.98. The summed E-state index contributed by atoms with van der Waals surface area (Å²) in [5, 5.41) is 12.1. The Bertz CT molecular complexity index is 531. The highest BCUT2D eigenvalue weighted by Crippen LogP contribution is 2.33. The predicted molar refractivity (Wildman–Crippen MR) is 76.8 cm³/mol. The van der Waals surface area contributed by atoms with E-state index in [1.165, 1.54) is 0 Å². The van der Waals surface area contributed by atoms with E-state index < -0.39 is 11.5 Å². The van der Waals surface area contributed by atoms with Crippen molar-refractivity contribution in [3.05, 3.63) is 34.9 Å². The van der Waals surface area contributed by atoms with Crippen LogP contribution in [0, 0.1) is 13.8 Å². The summed E-state index contributed by atoms with van der Waals surface area (Å²) in [4.78, 5) is 23.5. The highest BCUT2D eigenvalue weighted by atomic mass is 16.4. The van der Waals surface area contributed by atoms with Crippen LogP contribution in [0.25, 0.3) is 0 Å². The van der Waals surface area contributed by atoms with Gasteiger partial charge in [-0.3, -0.25) is 9.59 Å². The molecule has 4 nitrogen and oxygen atoms in total. The first kappa shape index (κ1) is 14.6. The van der Waals surface area contributed by atoms with Crippen molar-refractivity contribution in [3.8, 4) is 0 Å². The summed E-state index contributed by atoms with van der Waals surface area (Å²) >= 11 is 0. The fraction of sp³-hybridized carbons (Fsp3) is 0.500. The topological polar surface area (TPSA) is 66.4 Å². The van der Waals surface area contributed by atoms with Crippen molar-refractivity contribution in [1.29, 1.82) is 0 Å². The third kappa shape index (κ3) is 3.18. The molecule has 1 amide bonds. The zero-order valence-corrected chi connectivity index (χ0v) is 12.0. The quantitative estimate of drug-likeness (QED) is 0.888. The average molecular weight is 275 g/mol. The first-order valence-electron chi connectivity index (χ1n) is 7.03. The van der Waals surface area contributed by atoms with Gasteiger partial charge in [0.15, 0.2) is 0 Å². The number of aliphatic carboxylic acids is 1. The molecular weight excluding hydrogens is 254 g/mol. The molecule has 0 radical (unpaired) electrons. The normalized spacial score (nSPS) is 16.9. The van der Waals surface area contributed by atoms with E-state index in [1.54, 1.807) is 0 Å². The Kier molecular flexibility index (Phi) is 4.12. The van der Waals surface area contributed by atoms with Crippen molar-refractivity contribution < 1.29 is 14.7 Å². The minimum absolute atomic E-state index is 0.00357. The molecule has 1 aliphatic rings. The van der Waals surface area contributed by atoms with Gasteiger partial charge in [0.25, 0.3) is 5.91 Å². The summed E-state index contributed by atoms with van der Waals surface area (Å²) in [5.74, 6) is -1.01. The molecule has 1 saturated carbocycles. The SMILES string of the molecule is Cc1ccc(C)c(C(=O)NC2(CC(=O)O)CCCC2)c1. The molecule has 2 N–H and O–H groups in total. The highest BCUT2D eigenvalue weighted by molar-refractivity contribution is 5.96. The van der Waals surface area contributed by atoms with Crippen LogP contribution in [0.4, 0.5) is 0 Å². The Labute approximate surface area is 119 Å². The van der Waals surface area contributed by atoms with Gasteiger partial charge < -0.3 is 10.4 Å². The second kappa shape index (κ2) is 5.65. The first-order valence-corrected chi connectivity index (χ1v) is 7.03. The van der Waals surface area contributed by atoms with Crippen molar-refractivity contribution in [2.45, 2.75) is 51.5 Å². The van der Waals surface area contributed by atoms with E-state index in [-0.39, 0.29) is 12.3 Å². The average Bonchev–Trinajstić information content (AvgIpc) is 2.79. The second-order valence-corrected chi connectivity index (χ2v) is 5.83. The van der Waals surface area contributed by atoms with E-state index in [0.29, 0.717) is 5.56 Å². The monoisotopic (exact) mass is 275 g/mol. The van der Waals surface area contributed by atoms with Gasteiger partial charge in [0.05, 0.1) is 12.0 Å². The summed E-state index contributed by atoms with van der Waals surface area (Å²) in [7, 11) is 0. The van der Waals surface area contributed by atoms with E-state index in [0.717, 1.165) is 36.8 Å². The fourth-order valence-electron chi connectivity index (χ4n) is 2.98. The zero-order valence-electron chi connectivity index (χ0n) is 12.0. The molecule has 1 aliphatic carbocycles. The number of amides is 1. The number of carbonyl (C=O) groups is 2. The molecule has 0 unspecified atom stereocenters. The second-order valence-electron chi connectivity index (χ2n) is 5.83. The van der Waals surface area contributed by atoms with Crippen LogP contribution in [0.3, 0.4) is 0 Å². The number of carbonyl (C=O) groups excluding carboxylic acids is 1. The largest absolute Gasteiger partial charge is 0.481 e. The van der Waals surface area contributed by atoms with Crippen LogP contribution in [-0.4, -0.2) is 22.5 Å². The number of rotatable bonds is 4. The van der Waals surface area contributed by atoms with Crippen LogP contribution in [0.15, 0.2) is 18.2 Å². The van der Waals surface area contributed by atoms with Crippen LogP contribution in [0.1, 0.15) is 53.6 Å². The molecule has 1 aromatic rings. The summed E-state index contributed by atoms with van der Waals surface area (Å²) in [5.41, 5.74) is 2.01. The molecule has 1 aromatic carbocycles. The van der Waals surface area contributed by atoms with Gasteiger partial charge >= 0.3 is 5.97 Å². The van der Waals surface area contributed by atoms with Gasteiger partial charge in [0.1, 0.15) is 0 Å².